The number of aryl methyl sites for hydroxylation is 2. The van der Waals surface area contributed by atoms with E-state index in [1.165, 1.54) is 14.2 Å². The molecule has 0 radical (unpaired) electrons. The van der Waals surface area contributed by atoms with Gasteiger partial charge in [0.05, 0.1) is 13.7 Å². The van der Waals surface area contributed by atoms with Crippen LogP contribution in [0.15, 0.2) is 17.0 Å². The van der Waals surface area contributed by atoms with Crippen LogP contribution in [0.5, 0.6) is 5.75 Å². The third-order valence-electron chi connectivity index (χ3n) is 5.08. The van der Waals surface area contributed by atoms with Crippen LogP contribution in [-0.2, 0) is 19.6 Å². The Hall–Kier alpha value is -2.13. The first kappa shape index (κ1) is 21.2. The monoisotopic (exact) mass is 397 g/mol. The van der Waals surface area contributed by atoms with Crippen molar-refractivity contribution in [3.63, 3.8) is 0 Å². The van der Waals surface area contributed by atoms with Crippen molar-refractivity contribution in [3.8, 4) is 5.75 Å². The number of primary amides is 1. The summed E-state index contributed by atoms with van der Waals surface area (Å²) in [6, 6.07) is 3.23. The van der Waals surface area contributed by atoms with Gasteiger partial charge >= 0.3 is 0 Å². The molecule has 1 aromatic rings. The van der Waals surface area contributed by atoms with Crippen LogP contribution in [0.1, 0.15) is 24.0 Å². The van der Waals surface area contributed by atoms with Gasteiger partial charge in [0.1, 0.15) is 10.6 Å². The van der Waals surface area contributed by atoms with Gasteiger partial charge in [0, 0.05) is 26.1 Å². The molecule has 0 bridgehead atoms. The number of carbonyl (C=O) groups is 2. The molecule has 1 aliphatic heterocycles. The predicted octanol–water partition coefficient (Wildman–Crippen LogP) is 0.656. The molecule has 1 saturated heterocycles. The Bertz CT molecular complexity index is 830. The number of hydrogen-bond donors (Lipinski definition) is 1. The zero-order valence-corrected chi connectivity index (χ0v) is 17.0. The van der Waals surface area contributed by atoms with Gasteiger partial charge in [-0.3, -0.25) is 9.59 Å². The van der Waals surface area contributed by atoms with E-state index < -0.39 is 10.0 Å². The lowest BCUT2D eigenvalue weighted by atomic mass is 9.96. The van der Waals surface area contributed by atoms with Gasteiger partial charge < -0.3 is 15.4 Å². The molecule has 0 spiro atoms. The maximum Gasteiger partial charge on any atom is 0.246 e. The molecule has 0 saturated carbocycles. The summed E-state index contributed by atoms with van der Waals surface area (Å²) in [6.45, 7) is 4.21. The molecule has 8 nitrogen and oxygen atoms in total. The number of amides is 2. The van der Waals surface area contributed by atoms with E-state index in [0.717, 1.165) is 15.4 Å². The number of nitrogens with two attached hydrogens (primary N) is 1. The van der Waals surface area contributed by atoms with E-state index in [9.17, 15) is 18.0 Å². The highest BCUT2D eigenvalue weighted by Gasteiger charge is 2.30. The second kappa shape index (κ2) is 8.26. The average Bonchev–Trinajstić information content (AvgIpc) is 2.63. The van der Waals surface area contributed by atoms with Crippen molar-refractivity contribution < 1.29 is 22.7 Å². The number of hydrogen-bond acceptors (Lipinski definition) is 5. The fourth-order valence-electron chi connectivity index (χ4n) is 3.08. The van der Waals surface area contributed by atoms with Crippen molar-refractivity contribution >= 4 is 21.8 Å². The van der Waals surface area contributed by atoms with E-state index >= 15 is 0 Å². The molecule has 27 heavy (non-hydrogen) atoms. The van der Waals surface area contributed by atoms with Crippen molar-refractivity contribution in [3.05, 3.63) is 23.3 Å². The number of benzene rings is 1. The highest BCUT2D eigenvalue weighted by Crippen LogP contribution is 2.29. The molecule has 0 unspecified atom stereocenters. The first-order chi connectivity index (χ1) is 12.6. The van der Waals surface area contributed by atoms with Gasteiger partial charge in [0.15, 0.2) is 0 Å². The fraction of sp³-hybridized carbons (Fsp3) is 0.556. The Kier molecular flexibility index (Phi) is 6.48. The summed E-state index contributed by atoms with van der Waals surface area (Å²) < 4.78 is 32.2. The summed E-state index contributed by atoms with van der Waals surface area (Å²) in [7, 11) is -1.11. The summed E-state index contributed by atoms with van der Waals surface area (Å²) in [5.41, 5.74) is 7.04. The van der Waals surface area contributed by atoms with Crippen LogP contribution in [0.4, 0.5) is 0 Å². The van der Waals surface area contributed by atoms with Gasteiger partial charge in [-0.1, -0.05) is 0 Å². The molecule has 0 aromatic heterocycles. The molecular weight excluding hydrogens is 370 g/mol. The Morgan fingerprint density at radius 2 is 1.78 bits per heavy atom. The van der Waals surface area contributed by atoms with Crippen molar-refractivity contribution in [2.45, 2.75) is 31.6 Å². The Labute approximate surface area is 160 Å². The van der Waals surface area contributed by atoms with E-state index in [2.05, 4.69) is 0 Å². The van der Waals surface area contributed by atoms with Crippen LogP contribution < -0.4 is 10.5 Å². The van der Waals surface area contributed by atoms with Crippen molar-refractivity contribution in [2.75, 3.05) is 33.8 Å². The van der Waals surface area contributed by atoms with Gasteiger partial charge in [-0.15, -0.1) is 0 Å². The quantitative estimate of drug-likeness (QED) is 0.758. The summed E-state index contributed by atoms with van der Waals surface area (Å²) >= 11 is 0. The Morgan fingerprint density at radius 1 is 1.22 bits per heavy atom. The smallest absolute Gasteiger partial charge is 0.246 e. The second-order valence-electron chi connectivity index (χ2n) is 6.91. The third-order valence-corrected chi connectivity index (χ3v) is 6.90. The standard InChI is InChI=1S/C18H27N3O5S/c1-12-9-15(26-4)16(10-13(12)2)27(24,25)20(3)11-17(22)21-7-5-14(6-8-21)18(19)23/h9-10,14H,5-8,11H2,1-4H3,(H2,19,23). The van der Waals surface area contributed by atoms with E-state index in [0.29, 0.717) is 25.9 Å². The highest BCUT2D eigenvalue weighted by molar-refractivity contribution is 7.89. The van der Waals surface area contributed by atoms with Crippen LogP contribution >= 0.6 is 0 Å². The van der Waals surface area contributed by atoms with E-state index in [1.54, 1.807) is 17.0 Å². The summed E-state index contributed by atoms with van der Waals surface area (Å²) in [5, 5.41) is 0. The molecule has 0 atom stereocenters. The minimum absolute atomic E-state index is 0.0378. The van der Waals surface area contributed by atoms with E-state index in [1.807, 2.05) is 13.8 Å². The van der Waals surface area contributed by atoms with Gasteiger partial charge in [-0.05, 0) is 49.9 Å². The molecular formula is C18H27N3O5S. The lowest BCUT2D eigenvalue weighted by molar-refractivity contribution is -0.134. The average molecular weight is 397 g/mol. The number of rotatable bonds is 6. The van der Waals surface area contributed by atoms with Crippen LogP contribution in [0.3, 0.4) is 0 Å². The fourth-order valence-corrected chi connectivity index (χ4v) is 4.42. The summed E-state index contributed by atoms with van der Waals surface area (Å²) in [4.78, 5) is 25.3. The number of nitrogens with zero attached hydrogens (tertiary/aromatic N) is 2. The van der Waals surface area contributed by atoms with Crippen LogP contribution in [0.25, 0.3) is 0 Å². The number of ether oxygens (including phenoxy) is 1. The highest BCUT2D eigenvalue weighted by atomic mass is 32.2. The van der Waals surface area contributed by atoms with Crippen molar-refractivity contribution in [1.29, 1.82) is 0 Å². The maximum absolute atomic E-state index is 12.9. The Balaban J connectivity index is 2.13. The number of likely N-dealkylation sites (tertiary alicyclic amines) is 1. The van der Waals surface area contributed by atoms with Crippen LogP contribution in [0.2, 0.25) is 0 Å². The zero-order chi connectivity index (χ0) is 20.4. The number of likely N-dealkylation sites (N-methyl/N-ethyl adjacent to an activating group) is 1. The van der Waals surface area contributed by atoms with Crippen molar-refractivity contribution in [2.24, 2.45) is 11.7 Å². The lowest BCUT2D eigenvalue weighted by Crippen LogP contribution is -2.46. The van der Waals surface area contributed by atoms with Gasteiger partial charge in [0.2, 0.25) is 21.8 Å². The van der Waals surface area contributed by atoms with Gasteiger partial charge in [-0.25, -0.2) is 8.42 Å². The predicted molar refractivity (Wildman–Crippen MR) is 101 cm³/mol. The molecule has 2 rings (SSSR count). The molecule has 1 aromatic carbocycles. The minimum atomic E-state index is -3.89. The van der Waals surface area contributed by atoms with E-state index in [4.69, 9.17) is 10.5 Å². The molecule has 9 heteroatoms. The van der Waals surface area contributed by atoms with Crippen LogP contribution in [-0.4, -0.2) is 63.2 Å². The minimum Gasteiger partial charge on any atom is -0.495 e. The number of carbonyl (C=O) groups excluding carboxylic acids is 2. The van der Waals surface area contributed by atoms with Crippen molar-refractivity contribution in [1.82, 2.24) is 9.21 Å². The first-order valence-corrected chi connectivity index (χ1v) is 10.2. The topological polar surface area (TPSA) is 110 Å². The SMILES string of the molecule is COc1cc(C)c(C)cc1S(=O)(=O)N(C)CC(=O)N1CCC(C(N)=O)CC1. The normalized spacial score (nSPS) is 15.8. The molecule has 1 aliphatic rings. The van der Waals surface area contributed by atoms with Gasteiger partial charge in [-0.2, -0.15) is 4.31 Å². The Morgan fingerprint density at radius 3 is 2.30 bits per heavy atom. The summed E-state index contributed by atoms with van der Waals surface area (Å²) in [5.74, 6) is -0.634. The van der Waals surface area contributed by atoms with Gasteiger partial charge in [0.25, 0.3) is 0 Å². The largest absolute Gasteiger partial charge is 0.495 e. The number of piperidine rings is 1. The molecule has 2 amide bonds. The second-order valence-corrected chi connectivity index (χ2v) is 8.92. The molecule has 1 fully saturated rings. The van der Waals surface area contributed by atoms with E-state index in [-0.39, 0.29) is 34.9 Å². The zero-order valence-electron chi connectivity index (χ0n) is 16.2. The molecule has 150 valence electrons. The third kappa shape index (κ3) is 4.59. The van der Waals surface area contributed by atoms with Crippen LogP contribution in [0, 0.1) is 19.8 Å². The molecule has 2 N–H and O–H groups in total. The lowest BCUT2D eigenvalue weighted by Gasteiger charge is -2.31. The maximum atomic E-state index is 12.9. The first-order valence-electron chi connectivity index (χ1n) is 8.76. The molecule has 1 heterocycles. The number of sulfonamides is 1. The summed E-state index contributed by atoms with van der Waals surface area (Å²) in [6.07, 6.45) is 1.00. The number of methoxy groups -OCH3 is 1. The molecule has 0 aliphatic carbocycles.